The molecule has 0 saturated carbocycles. The van der Waals surface area contributed by atoms with E-state index in [1.54, 1.807) is 18.2 Å². The van der Waals surface area contributed by atoms with Gasteiger partial charge >= 0.3 is 6.09 Å². The Labute approximate surface area is 114 Å². The normalized spacial score (nSPS) is 22.6. The van der Waals surface area contributed by atoms with Crippen LogP contribution in [-0.4, -0.2) is 22.6 Å². The number of carboxylic acid groups (broad SMARTS) is 1. The minimum Gasteiger partial charge on any atom is -0.433 e. The highest BCUT2D eigenvalue weighted by Gasteiger charge is 2.56. The second kappa shape index (κ2) is 3.80. The highest BCUT2D eigenvalue weighted by molar-refractivity contribution is 9.10. The van der Waals surface area contributed by atoms with Crippen molar-refractivity contribution < 1.29 is 9.90 Å². The van der Waals surface area contributed by atoms with Crippen LogP contribution in [0.15, 0.2) is 27.8 Å². The van der Waals surface area contributed by atoms with Gasteiger partial charge in [0.1, 0.15) is 5.54 Å². The highest BCUT2D eigenvalue weighted by atomic mass is 79.9. The van der Waals surface area contributed by atoms with Gasteiger partial charge in [0, 0.05) is 10.5 Å². The Bertz CT molecular complexity index is 563. The molecule has 0 fully saturated rings. The summed E-state index contributed by atoms with van der Waals surface area (Å²) in [5.41, 5.74) is 6.51. The van der Waals surface area contributed by atoms with Crippen molar-refractivity contribution in [2.75, 3.05) is 0 Å². The minimum absolute atomic E-state index is 0.253. The molecular formula is C12H15BrN3O2+. The molecule has 6 heteroatoms. The summed E-state index contributed by atoms with van der Waals surface area (Å²) in [7, 11) is 0. The fourth-order valence-corrected chi connectivity index (χ4v) is 2.57. The van der Waals surface area contributed by atoms with Gasteiger partial charge < -0.3 is 10.8 Å². The fourth-order valence-electron chi connectivity index (χ4n) is 2.21. The third-order valence-corrected chi connectivity index (χ3v) is 3.58. The lowest BCUT2D eigenvalue weighted by Crippen LogP contribution is -2.60. The van der Waals surface area contributed by atoms with Crippen molar-refractivity contribution in [1.82, 2.24) is 4.59 Å². The molecule has 5 nitrogen and oxygen atoms in total. The largest absolute Gasteiger partial charge is 0.546 e. The predicted octanol–water partition coefficient (Wildman–Crippen LogP) is 2.87. The summed E-state index contributed by atoms with van der Waals surface area (Å²) >= 11 is 3.35. The zero-order valence-electron chi connectivity index (χ0n) is 10.4. The van der Waals surface area contributed by atoms with Crippen molar-refractivity contribution in [2.24, 2.45) is 10.8 Å². The molecule has 1 amide bonds. The molecule has 2 rings (SSSR count). The van der Waals surface area contributed by atoms with E-state index < -0.39 is 16.2 Å². The Hall–Kier alpha value is -1.40. The minimum atomic E-state index is -1.04. The van der Waals surface area contributed by atoms with Crippen LogP contribution in [-0.2, 0) is 0 Å². The van der Waals surface area contributed by atoms with E-state index in [0.717, 1.165) is 4.47 Å². The van der Waals surface area contributed by atoms with Crippen molar-refractivity contribution in [1.29, 1.82) is 0 Å². The average molecular weight is 313 g/mol. The number of nitrogens with two attached hydrogens (primary N) is 1. The van der Waals surface area contributed by atoms with Crippen molar-refractivity contribution >= 4 is 33.5 Å². The zero-order chi connectivity index (χ0) is 13.7. The summed E-state index contributed by atoms with van der Waals surface area (Å²) in [4.78, 5) is 11.8. The Balaban J connectivity index is 2.80. The van der Waals surface area contributed by atoms with Crippen LogP contribution in [0, 0.1) is 0 Å². The molecule has 1 aromatic rings. The molecule has 0 radical (unpaired) electrons. The summed E-state index contributed by atoms with van der Waals surface area (Å²) in [5.74, 6) is 0.253. The van der Waals surface area contributed by atoms with Gasteiger partial charge in [-0.05, 0) is 38.0 Å². The number of carbonyl (C=O) groups is 1. The summed E-state index contributed by atoms with van der Waals surface area (Å²) < 4.78 is 0.320. The molecule has 0 aromatic heterocycles. The molecule has 0 aliphatic carbocycles. The molecule has 1 aliphatic heterocycles. The number of fused-ring (bicyclic) bond motifs is 1. The Morgan fingerprint density at radius 1 is 1.44 bits per heavy atom. The van der Waals surface area contributed by atoms with E-state index >= 15 is 0 Å². The molecule has 0 spiro atoms. The third kappa shape index (κ3) is 1.56. The van der Waals surface area contributed by atoms with Gasteiger partial charge in [0.2, 0.25) is 0 Å². The molecule has 3 N–H and O–H groups in total. The number of hydrogen-bond donors (Lipinski definition) is 2. The number of nitrogens with zero attached hydrogens (tertiary/aromatic N) is 2. The quantitative estimate of drug-likeness (QED) is 0.723. The SMILES string of the molecule is CC(C)(C)[N+]1(C(=O)O)N=C(N)c2cc(Br)ccc21. The fraction of sp³-hybridized carbons (Fsp3) is 0.333. The van der Waals surface area contributed by atoms with E-state index in [9.17, 15) is 9.90 Å². The maximum atomic E-state index is 11.8. The molecular weight excluding hydrogens is 298 g/mol. The number of halogens is 1. The van der Waals surface area contributed by atoms with Crippen LogP contribution in [0.5, 0.6) is 0 Å². The molecule has 0 saturated heterocycles. The lowest BCUT2D eigenvalue weighted by atomic mass is 10.0. The van der Waals surface area contributed by atoms with E-state index in [4.69, 9.17) is 5.73 Å². The van der Waals surface area contributed by atoms with Gasteiger partial charge in [-0.3, -0.25) is 0 Å². The maximum Gasteiger partial charge on any atom is 0.546 e. The standard InChI is InChI=1S/C12H14BrN3O2/c1-12(2,3)16(11(17)18)9-5-4-7(13)6-8(9)10(14)15-16/h4-6H,1-3H3,(H2-,14,15,17,18)/p+1. The first-order valence-corrected chi connectivity index (χ1v) is 6.28. The number of amidine groups is 1. The molecule has 0 bridgehead atoms. The third-order valence-electron chi connectivity index (χ3n) is 3.09. The number of rotatable bonds is 0. The summed E-state index contributed by atoms with van der Waals surface area (Å²) in [6, 6.07) is 5.35. The van der Waals surface area contributed by atoms with E-state index in [1.807, 2.05) is 20.8 Å². The maximum absolute atomic E-state index is 11.8. The second-order valence-corrected chi connectivity index (χ2v) is 6.15. The van der Waals surface area contributed by atoms with Gasteiger partial charge in [0.25, 0.3) is 0 Å². The monoisotopic (exact) mass is 312 g/mol. The van der Waals surface area contributed by atoms with Gasteiger partial charge in [-0.15, -0.1) is 0 Å². The number of amides is 1. The zero-order valence-corrected chi connectivity index (χ0v) is 12.0. The number of benzene rings is 1. The van der Waals surface area contributed by atoms with E-state index in [1.165, 1.54) is 0 Å². The first-order chi connectivity index (χ1) is 8.20. The van der Waals surface area contributed by atoms with Crippen molar-refractivity contribution in [3.05, 3.63) is 28.2 Å². The molecule has 1 heterocycles. The lowest BCUT2D eigenvalue weighted by molar-refractivity contribution is 0.107. The molecule has 1 aliphatic rings. The van der Waals surface area contributed by atoms with Crippen molar-refractivity contribution in [2.45, 2.75) is 26.3 Å². The topological polar surface area (TPSA) is 75.7 Å². The van der Waals surface area contributed by atoms with Gasteiger partial charge in [-0.25, -0.2) is 0 Å². The van der Waals surface area contributed by atoms with Crippen LogP contribution in [0.2, 0.25) is 0 Å². The van der Waals surface area contributed by atoms with E-state index in [0.29, 0.717) is 11.3 Å². The molecule has 18 heavy (non-hydrogen) atoms. The second-order valence-electron chi connectivity index (χ2n) is 5.24. The van der Waals surface area contributed by atoms with Crippen LogP contribution in [0.25, 0.3) is 0 Å². The molecule has 1 atom stereocenters. The first-order valence-electron chi connectivity index (χ1n) is 5.49. The van der Waals surface area contributed by atoms with Crippen LogP contribution >= 0.6 is 15.9 Å². The Morgan fingerprint density at radius 2 is 2.06 bits per heavy atom. The Morgan fingerprint density at radius 3 is 2.56 bits per heavy atom. The van der Waals surface area contributed by atoms with E-state index in [2.05, 4.69) is 21.0 Å². The summed E-state index contributed by atoms with van der Waals surface area (Å²) in [6.07, 6.45) is -1.04. The molecule has 1 aromatic carbocycles. The first kappa shape index (κ1) is 13.0. The van der Waals surface area contributed by atoms with Crippen LogP contribution in [0.3, 0.4) is 0 Å². The van der Waals surface area contributed by atoms with Crippen LogP contribution in [0.4, 0.5) is 10.5 Å². The van der Waals surface area contributed by atoms with Crippen molar-refractivity contribution in [3.63, 3.8) is 0 Å². The highest BCUT2D eigenvalue weighted by Crippen LogP contribution is 2.42. The van der Waals surface area contributed by atoms with Crippen molar-refractivity contribution in [3.8, 4) is 0 Å². The lowest BCUT2D eigenvalue weighted by Gasteiger charge is -2.34. The molecule has 1 unspecified atom stereocenters. The predicted molar refractivity (Wildman–Crippen MR) is 74.4 cm³/mol. The van der Waals surface area contributed by atoms with E-state index in [-0.39, 0.29) is 5.84 Å². The van der Waals surface area contributed by atoms with Crippen LogP contribution < -0.4 is 10.3 Å². The summed E-state index contributed by atoms with van der Waals surface area (Å²) in [6.45, 7) is 5.49. The van der Waals surface area contributed by atoms with Gasteiger partial charge in [-0.1, -0.05) is 20.5 Å². The number of quaternary nitrogens is 1. The molecule has 96 valence electrons. The smallest absolute Gasteiger partial charge is 0.433 e. The average Bonchev–Trinajstić information content (AvgIpc) is 2.52. The van der Waals surface area contributed by atoms with Crippen LogP contribution in [0.1, 0.15) is 26.3 Å². The Kier molecular flexibility index (Phi) is 2.75. The van der Waals surface area contributed by atoms with Gasteiger partial charge in [0.15, 0.2) is 11.5 Å². The van der Waals surface area contributed by atoms with Gasteiger partial charge in [-0.2, -0.15) is 4.79 Å². The van der Waals surface area contributed by atoms with Gasteiger partial charge in [0.05, 0.1) is 5.56 Å². The summed E-state index contributed by atoms with van der Waals surface area (Å²) in [5, 5.41) is 13.8. The number of hydrogen-bond acceptors (Lipinski definition) is 3.